The maximum atomic E-state index is 12.1. The number of primary amides is 1. The van der Waals surface area contributed by atoms with E-state index >= 15 is 0 Å². The largest absolute Gasteiger partial charge is 0.505 e. The van der Waals surface area contributed by atoms with Gasteiger partial charge < -0.3 is 25.6 Å². The summed E-state index contributed by atoms with van der Waals surface area (Å²) in [6, 6.07) is 2.46. The van der Waals surface area contributed by atoms with Gasteiger partial charge in [-0.05, 0) is 18.6 Å². The number of pyridine rings is 1. The fourth-order valence-corrected chi connectivity index (χ4v) is 2.05. The van der Waals surface area contributed by atoms with Crippen LogP contribution in [0.3, 0.4) is 0 Å². The highest BCUT2D eigenvalue weighted by Gasteiger charge is 2.29. The molecule has 8 heteroatoms. The third-order valence-corrected chi connectivity index (χ3v) is 3.05. The summed E-state index contributed by atoms with van der Waals surface area (Å²) in [7, 11) is 0. The number of hydrogen-bond acceptors (Lipinski definition) is 6. The van der Waals surface area contributed by atoms with E-state index in [0.29, 0.717) is 13.0 Å². The van der Waals surface area contributed by atoms with Crippen LogP contribution in [0.25, 0.3) is 0 Å². The second-order valence-electron chi connectivity index (χ2n) is 4.63. The summed E-state index contributed by atoms with van der Waals surface area (Å²) in [5, 5.41) is 12.3. The summed E-state index contributed by atoms with van der Waals surface area (Å²) in [6.45, 7) is 0.513. The van der Waals surface area contributed by atoms with E-state index < -0.39 is 17.9 Å². The van der Waals surface area contributed by atoms with Gasteiger partial charge in [0.1, 0.15) is 12.4 Å². The van der Waals surface area contributed by atoms with Crippen LogP contribution >= 0.6 is 0 Å². The van der Waals surface area contributed by atoms with Gasteiger partial charge in [-0.2, -0.15) is 0 Å². The van der Waals surface area contributed by atoms with Gasteiger partial charge in [0.05, 0.1) is 18.8 Å². The van der Waals surface area contributed by atoms with Crippen molar-refractivity contribution in [3.05, 3.63) is 24.0 Å². The Morgan fingerprint density at radius 2 is 2.38 bits per heavy atom. The van der Waals surface area contributed by atoms with E-state index in [0.717, 1.165) is 0 Å². The quantitative estimate of drug-likeness (QED) is 0.652. The summed E-state index contributed by atoms with van der Waals surface area (Å²) in [6.07, 6.45) is 1.57. The van der Waals surface area contributed by atoms with Crippen LogP contribution in [0.1, 0.15) is 16.9 Å². The number of aromatic hydroxyl groups is 1. The Balaban J connectivity index is 2.00. The van der Waals surface area contributed by atoms with Crippen molar-refractivity contribution in [1.82, 2.24) is 10.3 Å². The Bertz CT molecular complexity index is 522. The molecular weight excluding hydrogens is 278 g/mol. The second-order valence-corrected chi connectivity index (χ2v) is 4.63. The van der Waals surface area contributed by atoms with E-state index in [4.69, 9.17) is 15.2 Å². The number of nitrogens with two attached hydrogens (primary N) is 1. The van der Waals surface area contributed by atoms with Crippen LogP contribution in [0.2, 0.25) is 0 Å². The zero-order valence-corrected chi connectivity index (χ0v) is 11.3. The Morgan fingerprint density at radius 1 is 1.57 bits per heavy atom. The van der Waals surface area contributed by atoms with E-state index in [1.165, 1.54) is 18.3 Å². The number of hydrogen-bond donors (Lipinski definition) is 3. The van der Waals surface area contributed by atoms with Crippen molar-refractivity contribution in [3.63, 3.8) is 0 Å². The molecule has 2 rings (SSSR count). The number of nitrogens with one attached hydrogen (secondary N) is 1. The van der Waals surface area contributed by atoms with Crippen LogP contribution in [0.15, 0.2) is 18.3 Å². The Kier molecular flexibility index (Phi) is 5.07. The van der Waals surface area contributed by atoms with Gasteiger partial charge in [0.2, 0.25) is 5.91 Å². The molecule has 2 amide bonds. The van der Waals surface area contributed by atoms with Gasteiger partial charge in [0, 0.05) is 12.8 Å². The summed E-state index contributed by atoms with van der Waals surface area (Å²) in [5.41, 5.74) is 4.97. The maximum absolute atomic E-state index is 12.1. The van der Waals surface area contributed by atoms with Crippen molar-refractivity contribution in [3.8, 4) is 5.75 Å². The third-order valence-electron chi connectivity index (χ3n) is 3.05. The number of nitrogens with zero attached hydrogens (tertiary/aromatic N) is 1. The van der Waals surface area contributed by atoms with Crippen LogP contribution < -0.4 is 11.1 Å². The Morgan fingerprint density at radius 3 is 3.10 bits per heavy atom. The molecule has 0 aromatic carbocycles. The predicted octanol–water partition coefficient (Wildman–Crippen LogP) is -0.824. The molecule has 1 aliphatic rings. The minimum absolute atomic E-state index is 0.0725. The number of ether oxygens (including phenoxy) is 2. The van der Waals surface area contributed by atoms with Crippen LogP contribution in [0.4, 0.5) is 0 Å². The Hall–Kier alpha value is -2.19. The van der Waals surface area contributed by atoms with Gasteiger partial charge in [-0.25, -0.2) is 4.98 Å². The number of amides is 2. The van der Waals surface area contributed by atoms with Crippen molar-refractivity contribution < 1.29 is 24.2 Å². The molecule has 4 N–H and O–H groups in total. The lowest BCUT2D eigenvalue weighted by Crippen LogP contribution is -2.51. The molecule has 0 spiro atoms. The number of carbonyl (C=O) groups excluding carboxylic acids is 2. The number of rotatable bonds is 5. The average molecular weight is 295 g/mol. The number of aromatic nitrogens is 1. The van der Waals surface area contributed by atoms with E-state index in [-0.39, 0.29) is 30.8 Å². The molecule has 0 unspecified atom stereocenters. The summed E-state index contributed by atoms with van der Waals surface area (Å²) in [5.74, 6) is -1.31. The van der Waals surface area contributed by atoms with Gasteiger partial charge in [-0.1, -0.05) is 0 Å². The normalized spacial score (nSPS) is 21.7. The van der Waals surface area contributed by atoms with Crippen LogP contribution in [0.5, 0.6) is 5.75 Å². The van der Waals surface area contributed by atoms with Crippen molar-refractivity contribution in [1.29, 1.82) is 0 Å². The van der Waals surface area contributed by atoms with Crippen molar-refractivity contribution in [2.75, 3.05) is 19.8 Å². The topological polar surface area (TPSA) is 124 Å². The minimum Gasteiger partial charge on any atom is -0.505 e. The highest BCUT2D eigenvalue weighted by Crippen LogP contribution is 2.15. The molecule has 2 heterocycles. The summed E-state index contributed by atoms with van der Waals surface area (Å²) < 4.78 is 10.7. The first-order chi connectivity index (χ1) is 10.1. The lowest BCUT2D eigenvalue weighted by molar-refractivity contribution is -0.128. The smallest absolute Gasteiger partial charge is 0.274 e. The number of carbonyl (C=O) groups is 2. The highest BCUT2D eigenvalue weighted by atomic mass is 16.5. The summed E-state index contributed by atoms with van der Waals surface area (Å²) in [4.78, 5) is 26.7. The molecule has 1 fully saturated rings. The molecule has 0 aliphatic carbocycles. The molecule has 0 bridgehead atoms. The lowest BCUT2D eigenvalue weighted by Gasteiger charge is -2.31. The van der Waals surface area contributed by atoms with Gasteiger partial charge in [0.25, 0.3) is 5.91 Å². The zero-order valence-electron chi connectivity index (χ0n) is 11.3. The van der Waals surface area contributed by atoms with Crippen LogP contribution in [-0.4, -0.2) is 53.9 Å². The summed E-state index contributed by atoms with van der Waals surface area (Å²) >= 11 is 0. The van der Waals surface area contributed by atoms with E-state index in [1.807, 2.05) is 0 Å². The monoisotopic (exact) mass is 295 g/mol. The fourth-order valence-electron chi connectivity index (χ4n) is 2.05. The molecule has 114 valence electrons. The van der Waals surface area contributed by atoms with Crippen molar-refractivity contribution in [2.24, 2.45) is 5.73 Å². The minimum atomic E-state index is -0.575. The average Bonchev–Trinajstić information content (AvgIpc) is 2.46. The molecule has 0 radical (unpaired) electrons. The predicted molar refractivity (Wildman–Crippen MR) is 71.5 cm³/mol. The van der Waals surface area contributed by atoms with Crippen LogP contribution in [-0.2, 0) is 14.3 Å². The lowest BCUT2D eigenvalue weighted by atomic mass is 10.1. The second kappa shape index (κ2) is 7.00. The molecule has 8 nitrogen and oxygen atoms in total. The van der Waals surface area contributed by atoms with E-state index in [1.54, 1.807) is 0 Å². The molecule has 1 aromatic heterocycles. The third kappa shape index (κ3) is 4.14. The first-order valence-corrected chi connectivity index (χ1v) is 6.50. The van der Waals surface area contributed by atoms with E-state index in [9.17, 15) is 14.7 Å². The molecule has 21 heavy (non-hydrogen) atoms. The zero-order chi connectivity index (χ0) is 15.2. The SMILES string of the molecule is NC(=O)CO[C@@H]1CCOC[C@@H]1NC(=O)c1ncccc1O. The highest BCUT2D eigenvalue weighted by molar-refractivity contribution is 5.94. The first-order valence-electron chi connectivity index (χ1n) is 6.50. The van der Waals surface area contributed by atoms with Gasteiger partial charge in [-0.15, -0.1) is 0 Å². The molecule has 0 saturated carbocycles. The van der Waals surface area contributed by atoms with E-state index in [2.05, 4.69) is 10.3 Å². The molecule has 1 aliphatic heterocycles. The first kappa shape index (κ1) is 15.2. The van der Waals surface area contributed by atoms with Gasteiger partial charge >= 0.3 is 0 Å². The Labute approximate surface area is 121 Å². The van der Waals surface area contributed by atoms with Crippen LogP contribution in [0, 0.1) is 0 Å². The van der Waals surface area contributed by atoms with Gasteiger partial charge in [0.15, 0.2) is 5.69 Å². The van der Waals surface area contributed by atoms with Crippen molar-refractivity contribution >= 4 is 11.8 Å². The fraction of sp³-hybridized carbons (Fsp3) is 0.462. The maximum Gasteiger partial charge on any atom is 0.274 e. The molecule has 1 aromatic rings. The molecule has 2 atom stereocenters. The molecule has 1 saturated heterocycles. The molecular formula is C13H17N3O5. The van der Waals surface area contributed by atoms with Crippen molar-refractivity contribution in [2.45, 2.75) is 18.6 Å². The van der Waals surface area contributed by atoms with Gasteiger partial charge in [-0.3, -0.25) is 9.59 Å². The standard InChI is InChI=1S/C13H17N3O5/c14-11(18)7-21-10-3-5-20-6-8(10)16-13(19)12-9(17)2-1-4-15-12/h1-2,4,8,10,17H,3,5-7H2,(H2,14,18)(H,16,19)/t8-,10+/m0/s1.